The van der Waals surface area contributed by atoms with Crippen molar-refractivity contribution < 1.29 is 19.1 Å². The van der Waals surface area contributed by atoms with Crippen molar-refractivity contribution in [2.75, 3.05) is 51.3 Å². The molecule has 2 aromatic rings. The summed E-state index contributed by atoms with van der Waals surface area (Å²) < 4.78 is 12.1. The number of amides is 2. The van der Waals surface area contributed by atoms with Crippen molar-refractivity contribution in [3.8, 4) is 23.7 Å². The van der Waals surface area contributed by atoms with Gasteiger partial charge < -0.3 is 29.9 Å². The van der Waals surface area contributed by atoms with E-state index in [0.29, 0.717) is 44.4 Å². The fourth-order valence-corrected chi connectivity index (χ4v) is 5.48. The van der Waals surface area contributed by atoms with Crippen LogP contribution >= 0.6 is 0 Å². The van der Waals surface area contributed by atoms with E-state index in [0.717, 1.165) is 25.8 Å². The lowest BCUT2D eigenvalue weighted by atomic mass is 9.79. The van der Waals surface area contributed by atoms with E-state index in [1.165, 1.54) is 12.1 Å². The van der Waals surface area contributed by atoms with Gasteiger partial charge in [0.25, 0.3) is 0 Å². The third kappa shape index (κ3) is 4.99. The number of likely N-dealkylation sites (N-methyl/N-ethyl adjacent to an activating group) is 1. The molecule has 1 aromatic carbocycles. The molecule has 2 N–H and O–H groups in total. The molecular formula is C27H31N7O4. The summed E-state index contributed by atoms with van der Waals surface area (Å²) in [6, 6.07) is 8.98. The Morgan fingerprint density at radius 3 is 2.79 bits per heavy atom. The molecule has 5 rings (SSSR count). The number of aromatic nitrogens is 2. The number of benzene rings is 1. The summed E-state index contributed by atoms with van der Waals surface area (Å²) in [6.07, 6.45) is 4.33. The van der Waals surface area contributed by atoms with Crippen LogP contribution in [-0.4, -0.2) is 84.0 Å². The van der Waals surface area contributed by atoms with Crippen molar-refractivity contribution in [3.05, 3.63) is 48.0 Å². The standard InChI is InChI=1S/C27H31N7O4/c1-3-22(35)34-16-27(17-34)9-11-33(15-27)24-21(13-28)25(38-20-8-4-6-18(12-20)23(29)36)31-26(30-24)37-14-19-7-5-10-32(19)2/h3-4,6,8,12,19H,1,5,7,9-11,14-17H2,2H3,(H2,29,36)/t19-/m0/s1. The lowest BCUT2D eigenvalue weighted by Crippen LogP contribution is -2.59. The van der Waals surface area contributed by atoms with E-state index in [4.69, 9.17) is 15.2 Å². The first-order chi connectivity index (χ1) is 18.3. The minimum atomic E-state index is -0.587. The lowest BCUT2D eigenvalue weighted by molar-refractivity contribution is -0.136. The summed E-state index contributed by atoms with van der Waals surface area (Å²) in [6.45, 7) is 7.59. The van der Waals surface area contributed by atoms with Crippen molar-refractivity contribution in [2.45, 2.75) is 25.3 Å². The van der Waals surface area contributed by atoms with E-state index in [-0.39, 0.29) is 40.4 Å². The van der Waals surface area contributed by atoms with Crippen molar-refractivity contribution in [1.82, 2.24) is 19.8 Å². The molecule has 11 nitrogen and oxygen atoms in total. The first-order valence-corrected chi connectivity index (χ1v) is 12.7. The first kappa shape index (κ1) is 25.5. The third-order valence-electron chi connectivity index (χ3n) is 7.63. The Balaban J connectivity index is 1.44. The van der Waals surface area contributed by atoms with Gasteiger partial charge >= 0.3 is 6.01 Å². The number of nitrogens with zero attached hydrogens (tertiary/aromatic N) is 6. The van der Waals surface area contributed by atoms with Crippen molar-refractivity contribution in [3.63, 3.8) is 0 Å². The van der Waals surface area contributed by atoms with Crippen LogP contribution in [0.2, 0.25) is 0 Å². The van der Waals surface area contributed by atoms with Crippen LogP contribution in [0.3, 0.4) is 0 Å². The number of nitriles is 1. The minimum Gasteiger partial charge on any atom is -0.462 e. The Hall–Kier alpha value is -4.17. The zero-order valence-corrected chi connectivity index (χ0v) is 21.4. The summed E-state index contributed by atoms with van der Waals surface area (Å²) in [5.41, 5.74) is 5.82. The maximum Gasteiger partial charge on any atom is 0.321 e. The molecule has 1 atom stereocenters. The van der Waals surface area contributed by atoms with Crippen LogP contribution in [0.15, 0.2) is 36.9 Å². The lowest BCUT2D eigenvalue weighted by Gasteiger charge is -2.47. The van der Waals surface area contributed by atoms with Crippen LogP contribution in [-0.2, 0) is 4.79 Å². The number of ether oxygens (including phenoxy) is 2. The molecule has 3 aliphatic heterocycles. The zero-order chi connectivity index (χ0) is 26.9. The molecule has 0 bridgehead atoms. The normalized spacial score (nSPS) is 20.2. The maximum atomic E-state index is 12.0. The molecule has 38 heavy (non-hydrogen) atoms. The van der Waals surface area contributed by atoms with E-state index < -0.39 is 5.91 Å². The van der Waals surface area contributed by atoms with Crippen LogP contribution in [0, 0.1) is 16.7 Å². The average Bonchev–Trinajstić information content (AvgIpc) is 3.52. The molecule has 1 aromatic heterocycles. The monoisotopic (exact) mass is 517 g/mol. The van der Waals surface area contributed by atoms with Crippen LogP contribution in [0.4, 0.5) is 5.82 Å². The topological polar surface area (TPSA) is 138 Å². The quantitative estimate of drug-likeness (QED) is 0.521. The molecule has 0 aliphatic carbocycles. The van der Waals surface area contributed by atoms with Crippen LogP contribution < -0.4 is 20.1 Å². The Bertz CT molecular complexity index is 1300. The highest BCUT2D eigenvalue weighted by Crippen LogP contribution is 2.43. The highest BCUT2D eigenvalue weighted by Gasteiger charge is 2.49. The Kier molecular flexibility index (Phi) is 6.91. The third-order valence-corrected chi connectivity index (χ3v) is 7.63. The van der Waals surface area contributed by atoms with Gasteiger partial charge in [-0.2, -0.15) is 15.2 Å². The fourth-order valence-electron chi connectivity index (χ4n) is 5.48. The van der Waals surface area contributed by atoms with Gasteiger partial charge in [-0.25, -0.2) is 0 Å². The summed E-state index contributed by atoms with van der Waals surface area (Å²) in [4.78, 5) is 38.8. The number of likely N-dealkylation sites (tertiary alicyclic amines) is 2. The van der Waals surface area contributed by atoms with E-state index in [1.807, 2.05) is 4.90 Å². The Labute approximate surface area is 221 Å². The number of rotatable bonds is 8. The summed E-state index contributed by atoms with van der Waals surface area (Å²) in [5.74, 6) is 0.140. The molecular weight excluding hydrogens is 486 g/mol. The van der Waals surface area contributed by atoms with Crippen LogP contribution in [0.25, 0.3) is 0 Å². The van der Waals surface area contributed by atoms with Gasteiger partial charge in [-0.05, 0) is 57.1 Å². The van der Waals surface area contributed by atoms with Gasteiger partial charge in [-0.15, -0.1) is 0 Å². The fraction of sp³-hybridized carbons (Fsp3) is 0.444. The van der Waals surface area contributed by atoms with Gasteiger partial charge in [0.15, 0.2) is 11.4 Å². The Morgan fingerprint density at radius 1 is 1.29 bits per heavy atom. The molecule has 3 fully saturated rings. The van der Waals surface area contributed by atoms with E-state index in [1.54, 1.807) is 23.1 Å². The van der Waals surface area contributed by atoms with Crippen LogP contribution in [0.1, 0.15) is 35.2 Å². The highest BCUT2D eigenvalue weighted by molar-refractivity contribution is 5.93. The molecule has 2 amide bonds. The number of hydrogen-bond acceptors (Lipinski definition) is 9. The van der Waals surface area contributed by atoms with Gasteiger partial charge in [0, 0.05) is 43.2 Å². The summed E-state index contributed by atoms with van der Waals surface area (Å²) >= 11 is 0. The number of carbonyl (C=O) groups is 2. The van der Waals surface area contributed by atoms with E-state index >= 15 is 0 Å². The molecule has 4 heterocycles. The number of primary amides is 1. The van der Waals surface area contributed by atoms with Gasteiger partial charge in [-0.1, -0.05) is 12.6 Å². The zero-order valence-electron chi connectivity index (χ0n) is 21.4. The molecule has 3 saturated heterocycles. The van der Waals surface area contributed by atoms with E-state index in [2.05, 4.69) is 34.6 Å². The predicted molar refractivity (Wildman–Crippen MR) is 139 cm³/mol. The second kappa shape index (κ2) is 10.3. The van der Waals surface area contributed by atoms with Crippen LogP contribution in [0.5, 0.6) is 17.6 Å². The van der Waals surface area contributed by atoms with Gasteiger partial charge in [0.05, 0.1) is 0 Å². The molecule has 0 unspecified atom stereocenters. The van der Waals surface area contributed by atoms with E-state index in [9.17, 15) is 14.9 Å². The molecule has 11 heteroatoms. The summed E-state index contributed by atoms with van der Waals surface area (Å²) in [7, 11) is 2.06. The van der Waals surface area contributed by atoms with Crippen molar-refractivity contribution in [1.29, 1.82) is 5.26 Å². The number of carbonyl (C=O) groups excluding carboxylic acids is 2. The number of nitrogens with two attached hydrogens (primary N) is 1. The van der Waals surface area contributed by atoms with Gasteiger partial charge in [0.1, 0.15) is 18.4 Å². The van der Waals surface area contributed by atoms with Gasteiger partial charge in [-0.3, -0.25) is 9.59 Å². The SMILES string of the molecule is C=CC(=O)N1CC2(CCN(c3nc(OC[C@@H]4CCCN4C)nc(Oc4cccc(C(N)=O)c4)c3C#N)C2)C1. The average molecular weight is 518 g/mol. The van der Waals surface area contributed by atoms with Gasteiger partial charge in [0.2, 0.25) is 17.7 Å². The largest absolute Gasteiger partial charge is 0.462 e. The first-order valence-electron chi connectivity index (χ1n) is 12.7. The number of anilines is 1. The smallest absolute Gasteiger partial charge is 0.321 e. The number of hydrogen-bond donors (Lipinski definition) is 1. The second-order valence-electron chi connectivity index (χ2n) is 10.3. The molecule has 1 spiro atoms. The molecule has 198 valence electrons. The summed E-state index contributed by atoms with van der Waals surface area (Å²) in [5, 5.41) is 10.1. The minimum absolute atomic E-state index is 0.0481. The van der Waals surface area contributed by atoms with Crippen molar-refractivity contribution >= 4 is 17.6 Å². The molecule has 0 radical (unpaired) electrons. The second-order valence-corrected chi connectivity index (χ2v) is 10.3. The Morgan fingerprint density at radius 2 is 2.11 bits per heavy atom. The maximum absolute atomic E-state index is 12.0. The highest BCUT2D eigenvalue weighted by atomic mass is 16.5. The predicted octanol–water partition coefficient (Wildman–Crippen LogP) is 1.94. The molecule has 3 aliphatic rings. The molecule has 0 saturated carbocycles. The van der Waals surface area contributed by atoms with Crippen molar-refractivity contribution in [2.24, 2.45) is 11.1 Å².